The van der Waals surface area contributed by atoms with Crippen LogP contribution in [0.15, 0.2) is 30.3 Å². The first-order valence-electron chi connectivity index (χ1n) is 7.51. The van der Waals surface area contributed by atoms with Gasteiger partial charge in [-0.05, 0) is 30.9 Å². The molecule has 0 saturated carbocycles. The van der Waals surface area contributed by atoms with Crippen molar-refractivity contribution in [1.82, 2.24) is 4.98 Å². The Bertz CT molecular complexity index is 750. The van der Waals surface area contributed by atoms with Crippen molar-refractivity contribution in [1.29, 1.82) is 0 Å². The third-order valence-electron chi connectivity index (χ3n) is 3.56. The van der Waals surface area contributed by atoms with E-state index in [1.165, 1.54) is 6.07 Å². The molecule has 1 aromatic carbocycles. The number of halogens is 3. The van der Waals surface area contributed by atoms with E-state index < -0.39 is 23.4 Å². The van der Waals surface area contributed by atoms with Crippen LogP contribution in [0.25, 0.3) is 11.3 Å². The topological polar surface area (TPSA) is 50.2 Å². The summed E-state index contributed by atoms with van der Waals surface area (Å²) in [5.74, 6) is -1.60. The molecular weight excluding hydrogens is 319 g/mol. The molecule has 1 heterocycles. The van der Waals surface area contributed by atoms with Gasteiger partial charge in [-0.3, -0.25) is 0 Å². The molecular formula is C18H18F3NO2. The molecule has 0 unspecified atom stereocenters. The van der Waals surface area contributed by atoms with E-state index in [4.69, 9.17) is 0 Å². The zero-order valence-electron chi connectivity index (χ0n) is 13.6. The van der Waals surface area contributed by atoms with Gasteiger partial charge in [0.2, 0.25) is 0 Å². The summed E-state index contributed by atoms with van der Waals surface area (Å²) in [6.45, 7) is 5.52. The molecule has 0 bridgehead atoms. The summed E-state index contributed by atoms with van der Waals surface area (Å²) in [7, 11) is 0. The monoisotopic (exact) mass is 337 g/mol. The van der Waals surface area contributed by atoms with E-state index >= 15 is 0 Å². The number of benzene rings is 1. The highest BCUT2D eigenvalue weighted by molar-refractivity contribution is 5.91. The first-order valence-corrected chi connectivity index (χ1v) is 7.51. The number of aromatic carboxylic acids is 1. The molecule has 0 aliphatic rings. The Kier molecular flexibility index (Phi) is 4.96. The second-order valence-electron chi connectivity index (χ2n) is 6.16. The number of aryl methyl sites for hydroxylation is 1. The van der Waals surface area contributed by atoms with E-state index in [1.807, 2.05) is 20.8 Å². The second-order valence-corrected chi connectivity index (χ2v) is 6.16. The van der Waals surface area contributed by atoms with Gasteiger partial charge < -0.3 is 5.11 Å². The molecule has 128 valence electrons. The fourth-order valence-corrected chi connectivity index (χ4v) is 2.51. The van der Waals surface area contributed by atoms with Crippen LogP contribution in [0.1, 0.15) is 41.0 Å². The molecule has 0 saturated heterocycles. The minimum Gasteiger partial charge on any atom is -0.478 e. The van der Waals surface area contributed by atoms with E-state index in [1.54, 1.807) is 24.3 Å². The molecule has 1 N–H and O–H groups in total. The SMILES string of the molecule is Cc1ccc(-c2cc(CC(C)C)c(C(=O)O)c(C(F)(F)F)n2)cc1. The molecule has 3 nitrogen and oxygen atoms in total. The minimum absolute atomic E-state index is 0.0115. The average Bonchev–Trinajstić information content (AvgIpc) is 2.45. The lowest BCUT2D eigenvalue weighted by molar-refractivity contribution is -0.141. The van der Waals surface area contributed by atoms with E-state index in [2.05, 4.69) is 4.98 Å². The molecule has 0 spiro atoms. The van der Waals surface area contributed by atoms with Crippen molar-refractivity contribution < 1.29 is 23.1 Å². The van der Waals surface area contributed by atoms with Crippen molar-refractivity contribution in [3.05, 3.63) is 52.7 Å². The van der Waals surface area contributed by atoms with Crippen LogP contribution in [0, 0.1) is 12.8 Å². The van der Waals surface area contributed by atoms with E-state index in [0.717, 1.165) is 5.56 Å². The molecule has 1 aromatic heterocycles. The Morgan fingerprint density at radius 1 is 1.21 bits per heavy atom. The molecule has 0 aliphatic carbocycles. The van der Waals surface area contributed by atoms with Gasteiger partial charge >= 0.3 is 12.1 Å². The Morgan fingerprint density at radius 2 is 1.79 bits per heavy atom. The van der Waals surface area contributed by atoms with Crippen molar-refractivity contribution in [2.24, 2.45) is 5.92 Å². The normalized spacial score (nSPS) is 11.8. The van der Waals surface area contributed by atoms with Gasteiger partial charge in [0.1, 0.15) is 0 Å². The van der Waals surface area contributed by atoms with Gasteiger partial charge in [0.05, 0.1) is 11.3 Å². The number of hydrogen-bond acceptors (Lipinski definition) is 2. The summed E-state index contributed by atoms with van der Waals surface area (Å²) >= 11 is 0. The van der Waals surface area contributed by atoms with Gasteiger partial charge in [-0.15, -0.1) is 0 Å². The van der Waals surface area contributed by atoms with Crippen LogP contribution >= 0.6 is 0 Å². The fourth-order valence-electron chi connectivity index (χ4n) is 2.51. The summed E-state index contributed by atoms with van der Waals surface area (Å²) < 4.78 is 40.1. The second kappa shape index (κ2) is 6.63. The number of carboxylic acids is 1. The smallest absolute Gasteiger partial charge is 0.434 e. The first kappa shape index (κ1) is 18.0. The van der Waals surface area contributed by atoms with Crippen molar-refractivity contribution in [2.75, 3.05) is 0 Å². The van der Waals surface area contributed by atoms with Crippen molar-refractivity contribution in [2.45, 2.75) is 33.4 Å². The summed E-state index contributed by atoms with van der Waals surface area (Å²) in [6, 6.07) is 8.35. The molecule has 0 fully saturated rings. The van der Waals surface area contributed by atoms with Gasteiger partial charge in [0.15, 0.2) is 5.69 Å². The number of hydrogen-bond donors (Lipinski definition) is 1. The zero-order chi connectivity index (χ0) is 18.1. The third-order valence-corrected chi connectivity index (χ3v) is 3.56. The third kappa shape index (κ3) is 3.93. The molecule has 0 atom stereocenters. The number of carbonyl (C=O) groups is 1. The van der Waals surface area contributed by atoms with Crippen LogP contribution in [0.2, 0.25) is 0 Å². The Hall–Kier alpha value is -2.37. The van der Waals surface area contributed by atoms with Crippen LogP contribution in [-0.4, -0.2) is 16.1 Å². The summed E-state index contributed by atoms with van der Waals surface area (Å²) in [5, 5.41) is 9.28. The number of aromatic nitrogens is 1. The van der Waals surface area contributed by atoms with Crippen LogP contribution in [0.4, 0.5) is 13.2 Å². The number of carboxylic acid groups (broad SMARTS) is 1. The quantitative estimate of drug-likeness (QED) is 0.857. The maximum atomic E-state index is 13.4. The lowest BCUT2D eigenvalue weighted by Crippen LogP contribution is -2.19. The van der Waals surface area contributed by atoms with Crippen LogP contribution in [0.5, 0.6) is 0 Å². The van der Waals surface area contributed by atoms with Gasteiger partial charge in [0, 0.05) is 5.56 Å². The average molecular weight is 337 g/mol. The van der Waals surface area contributed by atoms with Gasteiger partial charge in [-0.2, -0.15) is 13.2 Å². The highest BCUT2D eigenvalue weighted by Crippen LogP contribution is 2.35. The predicted octanol–water partition coefficient (Wildman–Crippen LogP) is 4.97. The molecule has 0 aliphatic heterocycles. The molecule has 24 heavy (non-hydrogen) atoms. The van der Waals surface area contributed by atoms with Crippen LogP contribution in [-0.2, 0) is 12.6 Å². The lowest BCUT2D eigenvalue weighted by Gasteiger charge is -2.17. The van der Waals surface area contributed by atoms with Crippen molar-refractivity contribution in [3.63, 3.8) is 0 Å². The molecule has 0 amide bonds. The number of nitrogens with zero attached hydrogens (tertiary/aromatic N) is 1. The van der Waals surface area contributed by atoms with Crippen LogP contribution < -0.4 is 0 Å². The van der Waals surface area contributed by atoms with Crippen LogP contribution in [0.3, 0.4) is 0 Å². The van der Waals surface area contributed by atoms with E-state index in [9.17, 15) is 23.1 Å². The maximum Gasteiger partial charge on any atom is 0.434 e. The largest absolute Gasteiger partial charge is 0.478 e. The number of rotatable bonds is 4. The zero-order valence-corrected chi connectivity index (χ0v) is 13.6. The fraction of sp³-hybridized carbons (Fsp3) is 0.333. The highest BCUT2D eigenvalue weighted by Gasteiger charge is 2.39. The van der Waals surface area contributed by atoms with Gasteiger partial charge in [-0.25, -0.2) is 9.78 Å². The highest BCUT2D eigenvalue weighted by atomic mass is 19.4. The Balaban J connectivity index is 2.74. The summed E-state index contributed by atoms with van der Waals surface area (Å²) in [5.41, 5.74) is -0.332. The minimum atomic E-state index is -4.83. The first-order chi connectivity index (χ1) is 11.1. The number of alkyl halides is 3. The summed E-state index contributed by atoms with van der Waals surface area (Å²) in [4.78, 5) is 15.1. The van der Waals surface area contributed by atoms with Crippen molar-refractivity contribution >= 4 is 5.97 Å². The summed E-state index contributed by atoms with van der Waals surface area (Å²) in [6.07, 6.45) is -4.60. The van der Waals surface area contributed by atoms with Gasteiger partial charge in [-0.1, -0.05) is 43.7 Å². The Morgan fingerprint density at radius 3 is 2.25 bits per heavy atom. The predicted molar refractivity (Wildman–Crippen MR) is 84.9 cm³/mol. The Labute approximate surface area is 138 Å². The standard InChI is InChI=1S/C18H18F3NO2/c1-10(2)8-13-9-14(12-6-4-11(3)5-7-12)22-16(18(19,20)21)15(13)17(23)24/h4-7,9-10H,8H2,1-3H3,(H,23,24). The lowest BCUT2D eigenvalue weighted by atomic mass is 9.94. The van der Waals surface area contributed by atoms with E-state index in [0.29, 0.717) is 5.56 Å². The van der Waals surface area contributed by atoms with Gasteiger partial charge in [0.25, 0.3) is 0 Å². The molecule has 2 aromatic rings. The molecule has 2 rings (SSSR count). The van der Waals surface area contributed by atoms with Crippen molar-refractivity contribution in [3.8, 4) is 11.3 Å². The molecule has 6 heteroatoms. The molecule has 0 radical (unpaired) electrons. The number of pyridine rings is 1. The maximum absolute atomic E-state index is 13.4. The van der Waals surface area contributed by atoms with E-state index in [-0.39, 0.29) is 23.6 Å².